The van der Waals surface area contributed by atoms with Crippen LogP contribution in [-0.2, 0) is 24.2 Å². The van der Waals surface area contributed by atoms with Crippen molar-refractivity contribution < 1.29 is 9.21 Å². The SMILES string of the molecule is CN1CCc2c(Cl)ccc3oc(/C=C/C(=O)CCc4ccccc4)c(c23)C1. The molecule has 0 radical (unpaired) electrons. The molecule has 0 atom stereocenters. The molecule has 4 rings (SSSR count). The Morgan fingerprint density at radius 3 is 2.81 bits per heavy atom. The minimum atomic E-state index is 0.103. The first-order chi connectivity index (χ1) is 13.1. The average molecular weight is 380 g/mol. The number of allylic oxidation sites excluding steroid dienone is 1. The molecular formula is C23H22ClNO2. The fourth-order valence-corrected chi connectivity index (χ4v) is 3.92. The first-order valence-electron chi connectivity index (χ1n) is 9.28. The van der Waals surface area contributed by atoms with E-state index in [1.165, 1.54) is 5.56 Å². The summed E-state index contributed by atoms with van der Waals surface area (Å²) in [6, 6.07) is 13.9. The Kier molecular flexibility index (Phi) is 5.15. The molecule has 27 heavy (non-hydrogen) atoms. The van der Waals surface area contributed by atoms with Crippen molar-refractivity contribution in [2.75, 3.05) is 13.6 Å². The van der Waals surface area contributed by atoms with Gasteiger partial charge in [-0.1, -0.05) is 41.9 Å². The third-order valence-corrected chi connectivity index (χ3v) is 5.49. The van der Waals surface area contributed by atoms with Crippen LogP contribution in [0, 0.1) is 0 Å². The molecule has 3 aromatic rings. The van der Waals surface area contributed by atoms with Gasteiger partial charge in [-0.2, -0.15) is 0 Å². The Bertz CT molecular complexity index is 1000. The van der Waals surface area contributed by atoms with E-state index in [4.69, 9.17) is 16.0 Å². The third-order valence-electron chi connectivity index (χ3n) is 5.13. The highest BCUT2D eigenvalue weighted by Crippen LogP contribution is 2.36. The van der Waals surface area contributed by atoms with Crippen LogP contribution in [0.25, 0.3) is 17.0 Å². The highest BCUT2D eigenvalue weighted by molar-refractivity contribution is 6.32. The number of nitrogens with zero attached hydrogens (tertiary/aromatic N) is 1. The minimum absolute atomic E-state index is 0.103. The summed E-state index contributed by atoms with van der Waals surface area (Å²) in [5, 5.41) is 1.90. The Morgan fingerprint density at radius 2 is 2.00 bits per heavy atom. The highest BCUT2D eigenvalue weighted by atomic mass is 35.5. The largest absolute Gasteiger partial charge is 0.456 e. The molecule has 0 fully saturated rings. The summed E-state index contributed by atoms with van der Waals surface area (Å²) in [4.78, 5) is 14.6. The molecule has 0 spiro atoms. The number of aryl methyl sites for hydroxylation is 1. The zero-order valence-corrected chi connectivity index (χ0v) is 16.1. The predicted octanol–water partition coefficient (Wildman–Crippen LogP) is 5.29. The molecular weight excluding hydrogens is 358 g/mol. The van der Waals surface area contributed by atoms with Gasteiger partial charge in [0, 0.05) is 35.5 Å². The smallest absolute Gasteiger partial charge is 0.156 e. The first kappa shape index (κ1) is 18.0. The lowest BCUT2D eigenvalue weighted by atomic mass is 10.0. The van der Waals surface area contributed by atoms with Crippen LogP contribution in [0.5, 0.6) is 0 Å². The van der Waals surface area contributed by atoms with E-state index in [0.29, 0.717) is 6.42 Å². The Morgan fingerprint density at radius 1 is 1.19 bits per heavy atom. The zero-order valence-electron chi connectivity index (χ0n) is 15.4. The number of likely N-dealkylation sites (N-methyl/N-ethyl adjacent to an activating group) is 1. The number of furan rings is 1. The normalized spacial score (nSPS) is 14.7. The molecule has 0 saturated heterocycles. The molecule has 138 valence electrons. The maximum atomic E-state index is 12.3. The second kappa shape index (κ2) is 7.71. The van der Waals surface area contributed by atoms with Crippen molar-refractivity contribution in [2.24, 2.45) is 0 Å². The lowest BCUT2D eigenvalue weighted by Gasteiger charge is -2.12. The van der Waals surface area contributed by atoms with Crippen LogP contribution in [0.1, 0.15) is 28.9 Å². The Hall–Kier alpha value is -2.36. The van der Waals surface area contributed by atoms with E-state index in [9.17, 15) is 4.79 Å². The van der Waals surface area contributed by atoms with Crippen LogP contribution in [0.2, 0.25) is 5.02 Å². The maximum Gasteiger partial charge on any atom is 0.156 e. The maximum absolute atomic E-state index is 12.3. The summed E-state index contributed by atoms with van der Waals surface area (Å²) in [7, 11) is 2.09. The summed E-state index contributed by atoms with van der Waals surface area (Å²) in [5.41, 5.74) is 4.29. The van der Waals surface area contributed by atoms with Crippen LogP contribution in [-0.4, -0.2) is 24.3 Å². The van der Waals surface area contributed by atoms with Gasteiger partial charge in [-0.25, -0.2) is 0 Å². The standard InChI is InChI=1S/C23H22ClNO2/c1-25-14-13-18-20(24)10-12-22-23(18)19(15-25)21(27-22)11-9-17(26)8-7-16-5-3-2-4-6-16/h2-6,9-12H,7-8,13-15H2,1H3/b11-9+. The second-order valence-corrected chi connectivity index (χ2v) is 7.52. The van der Waals surface area contributed by atoms with E-state index >= 15 is 0 Å². The number of carbonyl (C=O) groups excluding carboxylic acids is 1. The van der Waals surface area contributed by atoms with E-state index < -0.39 is 0 Å². The van der Waals surface area contributed by atoms with Gasteiger partial charge in [-0.15, -0.1) is 0 Å². The minimum Gasteiger partial charge on any atom is -0.456 e. The van der Waals surface area contributed by atoms with Crippen LogP contribution in [0.4, 0.5) is 0 Å². The number of rotatable bonds is 5. The molecule has 0 N–H and O–H groups in total. The van der Waals surface area contributed by atoms with Crippen LogP contribution in [0.15, 0.2) is 53.0 Å². The molecule has 0 saturated carbocycles. The second-order valence-electron chi connectivity index (χ2n) is 7.12. The molecule has 0 amide bonds. The highest BCUT2D eigenvalue weighted by Gasteiger charge is 2.22. The van der Waals surface area contributed by atoms with Gasteiger partial charge in [0.15, 0.2) is 5.78 Å². The molecule has 1 aliphatic rings. The number of hydrogen-bond acceptors (Lipinski definition) is 3. The van der Waals surface area contributed by atoms with Gasteiger partial charge >= 0.3 is 0 Å². The van der Waals surface area contributed by atoms with Gasteiger partial charge in [-0.3, -0.25) is 4.79 Å². The number of halogens is 1. The topological polar surface area (TPSA) is 33.5 Å². The molecule has 3 nitrogen and oxygen atoms in total. The lowest BCUT2D eigenvalue weighted by Crippen LogP contribution is -2.18. The van der Waals surface area contributed by atoms with Gasteiger partial charge < -0.3 is 9.32 Å². The van der Waals surface area contributed by atoms with E-state index in [1.54, 1.807) is 6.08 Å². The summed E-state index contributed by atoms with van der Waals surface area (Å²) in [6.07, 6.45) is 5.60. The van der Waals surface area contributed by atoms with Gasteiger partial charge in [-0.05, 0) is 55.3 Å². The first-order valence-corrected chi connectivity index (χ1v) is 9.66. The van der Waals surface area contributed by atoms with Crippen molar-refractivity contribution >= 4 is 34.4 Å². The van der Waals surface area contributed by atoms with E-state index in [0.717, 1.165) is 58.8 Å². The van der Waals surface area contributed by atoms with E-state index in [1.807, 2.05) is 48.5 Å². The zero-order chi connectivity index (χ0) is 18.8. The van der Waals surface area contributed by atoms with E-state index in [-0.39, 0.29) is 5.78 Å². The third kappa shape index (κ3) is 3.85. The van der Waals surface area contributed by atoms with Crippen molar-refractivity contribution in [3.05, 3.63) is 76.0 Å². The molecule has 1 aromatic heterocycles. The fraction of sp³-hybridized carbons (Fsp3) is 0.261. The predicted molar refractivity (Wildman–Crippen MR) is 110 cm³/mol. The van der Waals surface area contributed by atoms with E-state index in [2.05, 4.69) is 11.9 Å². The van der Waals surface area contributed by atoms with Crippen molar-refractivity contribution in [3.8, 4) is 0 Å². The number of ketones is 1. The van der Waals surface area contributed by atoms with Crippen molar-refractivity contribution in [3.63, 3.8) is 0 Å². The molecule has 2 heterocycles. The number of hydrogen-bond donors (Lipinski definition) is 0. The molecule has 0 bridgehead atoms. The fourth-order valence-electron chi connectivity index (χ4n) is 3.67. The van der Waals surface area contributed by atoms with Crippen molar-refractivity contribution in [1.29, 1.82) is 0 Å². The number of carbonyl (C=O) groups is 1. The summed E-state index contributed by atoms with van der Waals surface area (Å²) in [5.74, 6) is 0.863. The van der Waals surface area contributed by atoms with Crippen molar-refractivity contribution in [2.45, 2.75) is 25.8 Å². The van der Waals surface area contributed by atoms with Gasteiger partial charge in [0.05, 0.1) is 0 Å². The molecule has 2 aromatic carbocycles. The molecule has 1 aliphatic heterocycles. The molecule has 4 heteroatoms. The Balaban J connectivity index is 1.58. The Labute approximate surface area is 164 Å². The van der Waals surface area contributed by atoms with Gasteiger partial charge in [0.1, 0.15) is 11.3 Å². The monoisotopic (exact) mass is 379 g/mol. The summed E-state index contributed by atoms with van der Waals surface area (Å²) >= 11 is 6.43. The van der Waals surface area contributed by atoms with Crippen molar-refractivity contribution in [1.82, 2.24) is 4.90 Å². The average Bonchev–Trinajstić information content (AvgIpc) is 2.91. The van der Waals surface area contributed by atoms with Crippen LogP contribution in [0.3, 0.4) is 0 Å². The van der Waals surface area contributed by atoms with Crippen LogP contribution >= 0.6 is 11.6 Å². The summed E-state index contributed by atoms with van der Waals surface area (Å²) in [6.45, 7) is 1.74. The molecule has 0 unspecified atom stereocenters. The summed E-state index contributed by atoms with van der Waals surface area (Å²) < 4.78 is 6.06. The lowest BCUT2D eigenvalue weighted by molar-refractivity contribution is -0.114. The van der Waals surface area contributed by atoms with Crippen LogP contribution < -0.4 is 0 Å². The quantitative estimate of drug-likeness (QED) is 0.565. The van der Waals surface area contributed by atoms with Gasteiger partial charge in [0.2, 0.25) is 0 Å². The molecule has 0 aliphatic carbocycles. The number of benzene rings is 2. The van der Waals surface area contributed by atoms with Gasteiger partial charge in [0.25, 0.3) is 0 Å².